The first-order valence-electron chi connectivity index (χ1n) is 6.41. The standard InChI is InChI=1S/C13H19N3O5/c1-21-8-7-16-6-2-3-10(16)12(18)15-9(13(19)20)4-5-11(14)17/h2-3,6,9H,4-5,7-8H2,1H3,(H2,14,17)(H,15,18)(H,19,20). The van der Waals surface area contributed by atoms with Crippen LogP contribution in [0, 0.1) is 0 Å². The van der Waals surface area contributed by atoms with Crippen LogP contribution >= 0.6 is 0 Å². The third-order valence-electron chi connectivity index (χ3n) is 2.88. The van der Waals surface area contributed by atoms with Crippen LogP contribution in [0.5, 0.6) is 0 Å². The summed E-state index contributed by atoms with van der Waals surface area (Å²) < 4.78 is 6.59. The Balaban J connectivity index is 2.71. The van der Waals surface area contributed by atoms with Gasteiger partial charge in [-0.15, -0.1) is 0 Å². The molecule has 1 rings (SSSR count). The molecule has 1 aromatic heterocycles. The predicted octanol–water partition coefficient (Wildman–Crippen LogP) is -0.417. The van der Waals surface area contributed by atoms with Gasteiger partial charge in [0, 0.05) is 26.3 Å². The number of rotatable bonds is 9. The van der Waals surface area contributed by atoms with Gasteiger partial charge in [0.1, 0.15) is 11.7 Å². The average Bonchev–Trinajstić information content (AvgIpc) is 2.88. The fourth-order valence-electron chi connectivity index (χ4n) is 1.78. The molecule has 1 aromatic rings. The first-order valence-corrected chi connectivity index (χ1v) is 6.41. The summed E-state index contributed by atoms with van der Waals surface area (Å²) >= 11 is 0. The molecule has 0 aliphatic heterocycles. The highest BCUT2D eigenvalue weighted by atomic mass is 16.5. The van der Waals surface area contributed by atoms with Crippen LogP contribution < -0.4 is 11.1 Å². The first-order chi connectivity index (χ1) is 9.95. The van der Waals surface area contributed by atoms with Gasteiger partial charge in [-0.3, -0.25) is 9.59 Å². The summed E-state index contributed by atoms with van der Waals surface area (Å²) in [5.41, 5.74) is 5.31. The molecule has 8 nitrogen and oxygen atoms in total. The van der Waals surface area contributed by atoms with E-state index < -0.39 is 23.8 Å². The Morgan fingerprint density at radius 3 is 2.76 bits per heavy atom. The van der Waals surface area contributed by atoms with E-state index in [0.717, 1.165) is 0 Å². The molecule has 0 fully saturated rings. The highest BCUT2D eigenvalue weighted by molar-refractivity contribution is 5.95. The highest BCUT2D eigenvalue weighted by Crippen LogP contribution is 2.05. The molecule has 1 unspecified atom stereocenters. The molecule has 4 N–H and O–H groups in total. The van der Waals surface area contributed by atoms with E-state index in [4.69, 9.17) is 15.6 Å². The van der Waals surface area contributed by atoms with Crippen LogP contribution in [0.4, 0.5) is 0 Å². The molecular formula is C13H19N3O5. The minimum atomic E-state index is -1.21. The van der Waals surface area contributed by atoms with Gasteiger partial charge >= 0.3 is 5.97 Å². The Bertz CT molecular complexity index is 512. The Morgan fingerprint density at radius 2 is 2.19 bits per heavy atom. The van der Waals surface area contributed by atoms with E-state index in [9.17, 15) is 14.4 Å². The summed E-state index contributed by atoms with van der Waals surface area (Å²) in [6.45, 7) is 0.907. The topological polar surface area (TPSA) is 124 Å². The summed E-state index contributed by atoms with van der Waals surface area (Å²) in [5.74, 6) is -2.34. The molecule has 0 aromatic carbocycles. The van der Waals surface area contributed by atoms with Gasteiger partial charge in [-0.1, -0.05) is 0 Å². The molecule has 1 heterocycles. The number of carboxylic acid groups (broad SMARTS) is 1. The second-order valence-corrected chi connectivity index (χ2v) is 4.45. The molecule has 0 radical (unpaired) electrons. The van der Waals surface area contributed by atoms with Crippen molar-refractivity contribution in [2.24, 2.45) is 5.73 Å². The monoisotopic (exact) mass is 297 g/mol. The van der Waals surface area contributed by atoms with E-state index in [-0.39, 0.29) is 12.8 Å². The lowest BCUT2D eigenvalue weighted by molar-refractivity contribution is -0.139. The van der Waals surface area contributed by atoms with Crippen LogP contribution in [0.2, 0.25) is 0 Å². The summed E-state index contributed by atoms with van der Waals surface area (Å²) in [7, 11) is 1.55. The average molecular weight is 297 g/mol. The molecule has 0 aliphatic rings. The molecule has 0 saturated carbocycles. The van der Waals surface area contributed by atoms with Crippen molar-refractivity contribution >= 4 is 17.8 Å². The minimum absolute atomic E-state index is 0.0464. The van der Waals surface area contributed by atoms with Crippen molar-refractivity contribution in [2.75, 3.05) is 13.7 Å². The first kappa shape index (κ1) is 16.7. The van der Waals surface area contributed by atoms with E-state index >= 15 is 0 Å². The van der Waals surface area contributed by atoms with Gasteiger partial charge in [-0.2, -0.15) is 0 Å². The van der Waals surface area contributed by atoms with Crippen LogP contribution in [-0.2, 0) is 20.9 Å². The van der Waals surface area contributed by atoms with Crippen LogP contribution in [0.1, 0.15) is 23.3 Å². The van der Waals surface area contributed by atoms with Crippen LogP contribution in [0.3, 0.4) is 0 Å². The molecule has 0 saturated heterocycles. The normalized spacial score (nSPS) is 11.9. The number of hydrogen-bond donors (Lipinski definition) is 3. The van der Waals surface area contributed by atoms with Crippen molar-refractivity contribution in [2.45, 2.75) is 25.4 Å². The lowest BCUT2D eigenvalue weighted by atomic mass is 10.1. The molecule has 0 aliphatic carbocycles. The molecule has 1 atom stereocenters. The molecule has 2 amide bonds. The van der Waals surface area contributed by atoms with Crippen molar-refractivity contribution < 1.29 is 24.2 Å². The van der Waals surface area contributed by atoms with Gasteiger partial charge in [0.05, 0.1) is 6.61 Å². The number of ether oxygens (including phenoxy) is 1. The maximum Gasteiger partial charge on any atom is 0.326 e. The largest absolute Gasteiger partial charge is 0.480 e. The zero-order valence-electron chi connectivity index (χ0n) is 11.7. The number of methoxy groups -OCH3 is 1. The fourth-order valence-corrected chi connectivity index (χ4v) is 1.78. The second-order valence-electron chi connectivity index (χ2n) is 4.45. The number of nitrogens with zero attached hydrogens (tertiary/aromatic N) is 1. The van der Waals surface area contributed by atoms with E-state index in [1.807, 2.05) is 0 Å². The lowest BCUT2D eigenvalue weighted by Gasteiger charge is -2.15. The Kier molecular flexibility index (Phi) is 6.41. The third-order valence-corrected chi connectivity index (χ3v) is 2.88. The number of hydrogen-bond acceptors (Lipinski definition) is 4. The van der Waals surface area contributed by atoms with E-state index in [0.29, 0.717) is 18.8 Å². The second kappa shape index (κ2) is 8.05. The number of nitrogens with two attached hydrogens (primary N) is 1. The number of primary amides is 1. The molecule has 8 heteroatoms. The van der Waals surface area contributed by atoms with Crippen LogP contribution in [0.25, 0.3) is 0 Å². The van der Waals surface area contributed by atoms with E-state index in [1.165, 1.54) is 0 Å². The summed E-state index contributed by atoms with van der Waals surface area (Å²) in [5, 5.41) is 11.4. The van der Waals surface area contributed by atoms with E-state index in [2.05, 4.69) is 5.32 Å². The number of nitrogens with one attached hydrogen (secondary N) is 1. The number of carbonyl (C=O) groups is 3. The SMILES string of the molecule is COCCn1cccc1C(=O)NC(CCC(N)=O)C(=O)O. The van der Waals surface area contributed by atoms with Crippen molar-refractivity contribution in [3.05, 3.63) is 24.0 Å². The van der Waals surface area contributed by atoms with Crippen molar-refractivity contribution in [1.29, 1.82) is 0 Å². The molecule has 0 spiro atoms. The van der Waals surface area contributed by atoms with Gasteiger partial charge in [0.25, 0.3) is 5.91 Å². The van der Waals surface area contributed by atoms with Crippen molar-refractivity contribution in [3.63, 3.8) is 0 Å². The lowest BCUT2D eigenvalue weighted by Crippen LogP contribution is -2.42. The maximum atomic E-state index is 12.1. The van der Waals surface area contributed by atoms with Crippen LogP contribution in [0.15, 0.2) is 18.3 Å². The predicted molar refractivity (Wildman–Crippen MR) is 73.6 cm³/mol. The summed E-state index contributed by atoms with van der Waals surface area (Å²) in [6, 6.07) is 2.11. The Hall–Kier alpha value is -2.35. The zero-order chi connectivity index (χ0) is 15.8. The highest BCUT2D eigenvalue weighted by Gasteiger charge is 2.22. The molecular weight excluding hydrogens is 278 g/mol. The molecule has 21 heavy (non-hydrogen) atoms. The zero-order valence-corrected chi connectivity index (χ0v) is 11.7. The van der Waals surface area contributed by atoms with Gasteiger partial charge < -0.3 is 25.5 Å². The van der Waals surface area contributed by atoms with E-state index in [1.54, 1.807) is 30.0 Å². The molecule has 0 bridgehead atoms. The quantitative estimate of drug-likeness (QED) is 0.571. The third kappa shape index (κ3) is 5.27. The molecule has 116 valence electrons. The smallest absolute Gasteiger partial charge is 0.326 e. The maximum absolute atomic E-state index is 12.1. The van der Waals surface area contributed by atoms with Gasteiger partial charge in [-0.05, 0) is 18.6 Å². The number of aromatic nitrogens is 1. The Labute approximate surface area is 121 Å². The van der Waals surface area contributed by atoms with Crippen molar-refractivity contribution in [3.8, 4) is 0 Å². The summed E-state index contributed by atoms with van der Waals surface area (Å²) in [4.78, 5) is 33.9. The number of carbonyl (C=O) groups excluding carboxylic acids is 2. The minimum Gasteiger partial charge on any atom is -0.480 e. The summed E-state index contributed by atoms with van der Waals surface area (Å²) in [6.07, 6.45) is 1.55. The van der Waals surface area contributed by atoms with Gasteiger partial charge in [0.15, 0.2) is 0 Å². The number of carboxylic acids is 1. The van der Waals surface area contributed by atoms with Gasteiger partial charge in [-0.25, -0.2) is 4.79 Å². The number of amides is 2. The van der Waals surface area contributed by atoms with Crippen LogP contribution in [-0.4, -0.2) is 47.2 Å². The number of aliphatic carboxylic acids is 1. The van der Waals surface area contributed by atoms with Crippen molar-refractivity contribution in [1.82, 2.24) is 9.88 Å². The van der Waals surface area contributed by atoms with Gasteiger partial charge in [0.2, 0.25) is 5.91 Å². The fraction of sp³-hybridized carbons (Fsp3) is 0.462. The Morgan fingerprint density at radius 1 is 1.48 bits per heavy atom.